The van der Waals surface area contributed by atoms with Crippen LogP contribution in [0.25, 0.3) is 0 Å². The van der Waals surface area contributed by atoms with Crippen LogP contribution >= 0.6 is 27.5 Å². The molecule has 27 heavy (non-hydrogen) atoms. The van der Waals surface area contributed by atoms with Gasteiger partial charge in [-0.25, -0.2) is 0 Å². The van der Waals surface area contributed by atoms with Crippen molar-refractivity contribution >= 4 is 50.7 Å². The minimum absolute atomic E-state index is 0.301. The van der Waals surface area contributed by atoms with Crippen molar-refractivity contribution in [3.05, 3.63) is 92.9 Å². The van der Waals surface area contributed by atoms with Crippen molar-refractivity contribution in [1.82, 2.24) is 0 Å². The molecule has 0 aromatic heterocycles. The zero-order chi connectivity index (χ0) is 19.4. The van der Waals surface area contributed by atoms with Crippen LogP contribution in [0, 0.1) is 6.92 Å². The summed E-state index contributed by atoms with van der Waals surface area (Å²) in [6.45, 7) is 1.86. The van der Waals surface area contributed by atoms with Crippen molar-refractivity contribution in [3.8, 4) is 0 Å². The minimum Gasteiger partial charge on any atom is -0.322 e. The number of carbonyl (C=O) groups excluding carboxylic acids is 2. The van der Waals surface area contributed by atoms with Crippen LogP contribution in [0.4, 0.5) is 11.4 Å². The van der Waals surface area contributed by atoms with Gasteiger partial charge in [-0.2, -0.15) is 0 Å². The Morgan fingerprint density at radius 2 is 1.41 bits per heavy atom. The van der Waals surface area contributed by atoms with Crippen LogP contribution in [0.15, 0.2) is 71.2 Å². The third kappa shape index (κ3) is 4.56. The number of amides is 2. The molecule has 0 aliphatic heterocycles. The van der Waals surface area contributed by atoms with Gasteiger partial charge in [-0.15, -0.1) is 0 Å². The van der Waals surface area contributed by atoms with Gasteiger partial charge in [0.2, 0.25) is 0 Å². The summed E-state index contributed by atoms with van der Waals surface area (Å²) in [5.41, 5.74) is 2.80. The van der Waals surface area contributed by atoms with E-state index in [-0.39, 0.29) is 11.8 Å². The fourth-order valence-electron chi connectivity index (χ4n) is 2.58. The maximum atomic E-state index is 12.8. The Bertz CT molecular complexity index is 1020. The van der Waals surface area contributed by atoms with E-state index in [1.54, 1.807) is 60.7 Å². The molecule has 3 aromatic carbocycles. The summed E-state index contributed by atoms with van der Waals surface area (Å²) in [5, 5.41) is 6.27. The highest BCUT2D eigenvalue weighted by Gasteiger charge is 2.16. The van der Waals surface area contributed by atoms with Gasteiger partial charge in [0.05, 0.1) is 16.8 Å². The molecule has 0 unspecified atom stereocenters. The number of rotatable bonds is 4. The van der Waals surface area contributed by atoms with Crippen LogP contribution in [0.3, 0.4) is 0 Å². The SMILES string of the molecule is Cc1cc(Cl)ccc1NC(=O)c1ccccc1NC(=O)c1ccccc1Br. The van der Waals surface area contributed by atoms with Crippen LogP contribution < -0.4 is 10.6 Å². The Morgan fingerprint density at radius 3 is 2.11 bits per heavy atom. The van der Waals surface area contributed by atoms with Gasteiger partial charge in [-0.05, 0) is 70.9 Å². The number of hydrogen-bond donors (Lipinski definition) is 2. The summed E-state index contributed by atoms with van der Waals surface area (Å²) < 4.78 is 0.682. The van der Waals surface area contributed by atoms with Crippen LogP contribution in [0.2, 0.25) is 5.02 Å². The first kappa shape index (κ1) is 19.1. The Labute approximate surface area is 170 Å². The van der Waals surface area contributed by atoms with Gasteiger partial charge in [-0.1, -0.05) is 35.9 Å². The summed E-state index contributed by atoms with van der Waals surface area (Å²) in [6.07, 6.45) is 0. The second-order valence-corrected chi connectivity index (χ2v) is 7.18. The topological polar surface area (TPSA) is 58.2 Å². The highest BCUT2D eigenvalue weighted by molar-refractivity contribution is 9.10. The van der Waals surface area contributed by atoms with E-state index in [0.717, 1.165) is 5.56 Å². The molecular formula is C21H16BrClN2O2. The lowest BCUT2D eigenvalue weighted by molar-refractivity contribution is 0.102. The average Bonchev–Trinajstić information content (AvgIpc) is 2.64. The Morgan fingerprint density at radius 1 is 0.815 bits per heavy atom. The second-order valence-electron chi connectivity index (χ2n) is 5.89. The van der Waals surface area contributed by atoms with E-state index in [2.05, 4.69) is 26.6 Å². The number of anilines is 2. The van der Waals surface area contributed by atoms with E-state index >= 15 is 0 Å². The van der Waals surface area contributed by atoms with Gasteiger partial charge in [0.15, 0.2) is 0 Å². The van der Waals surface area contributed by atoms with Crippen molar-refractivity contribution in [1.29, 1.82) is 0 Å². The zero-order valence-corrected chi connectivity index (χ0v) is 16.8. The number of aryl methyl sites for hydroxylation is 1. The number of carbonyl (C=O) groups is 2. The van der Waals surface area contributed by atoms with Gasteiger partial charge in [0, 0.05) is 15.2 Å². The van der Waals surface area contributed by atoms with Crippen molar-refractivity contribution in [3.63, 3.8) is 0 Å². The Hall–Kier alpha value is -2.63. The second kappa shape index (κ2) is 8.37. The van der Waals surface area contributed by atoms with E-state index in [1.807, 2.05) is 13.0 Å². The molecule has 0 aliphatic carbocycles. The molecule has 4 nitrogen and oxygen atoms in total. The molecule has 0 spiro atoms. The van der Waals surface area contributed by atoms with Gasteiger partial charge in [0.1, 0.15) is 0 Å². The quantitative estimate of drug-likeness (QED) is 0.526. The van der Waals surface area contributed by atoms with Crippen LogP contribution in [0.1, 0.15) is 26.3 Å². The molecule has 0 saturated carbocycles. The summed E-state index contributed by atoms with van der Waals surface area (Å²) in [5.74, 6) is -0.617. The first-order chi connectivity index (χ1) is 13.0. The van der Waals surface area contributed by atoms with E-state index in [0.29, 0.717) is 32.0 Å². The van der Waals surface area contributed by atoms with Crippen molar-refractivity contribution in [2.45, 2.75) is 6.92 Å². The predicted octanol–water partition coefficient (Wildman–Crippen LogP) is 5.92. The normalized spacial score (nSPS) is 10.3. The highest BCUT2D eigenvalue weighted by atomic mass is 79.9. The highest BCUT2D eigenvalue weighted by Crippen LogP contribution is 2.23. The standard InChI is InChI=1S/C21H16BrClN2O2/c1-13-12-14(23)10-11-18(13)24-21(27)16-7-3-5-9-19(16)25-20(26)15-6-2-4-8-17(15)22/h2-12H,1H3,(H,24,27)(H,25,26). The summed E-state index contributed by atoms with van der Waals surface area (Å²) in [7, 11) is 0. The molecule has 136 valence electrons. The number of para-hydroxylation sites is 1. The molecule has 0 radical (unpaired) electrons. The molecule has 2 amide bonds. The van der Waals surface area contributed by atoms with E-state index in [1.165, 1.54) is 0 Å². The van der Waals surface area contributed by atoms with Gasteiger partial charge >= 0.3 is 0 Å². The number of halogens is 2. The first-order valence-corrected chi connectivity index (χ1v) is 9.35. The van der Waals surface area contributed by atoms with Crippen LogP contribution in [-0.2, 0) is 0 Å². The number of hydrogen-bond acceptors (Lipinski definition) is 2. The van der Waals surface area contributed by atoms with E-state index in [4.69, 9.17) is 11.6 Å². The predicted molar refractivity (Wildman–Crippen MR) is 113 cm³/mol. The Kier molecular flexibility index (Phi) is 5.94. The van der Waals surface area contributed by atoms with Crippen LogP contribution in [0.5, 0.6) is 0 Å². The Balaban J connectivity index is 1.84. The third-order valence-corrected chi connectivity index (χ3v) is 4.90. The van der Waals surface area contributed by atoms with Gasteiger partial charge in [-0.3, -0.25) is 9.59 Å². The van der Waals surface area contributed by atoms with Gasteiger partial charge in [0.25, 0.3) is 11.8 Å². The molecular weight excluding hydrogens is 428 g/mol. The first-order valence-electron chi connectivity index (χ1n) is 8.18. The fourth-order valence-corrected chi connectivity index (χ4v) is 3.27. The fraction of sp³-hybridized carbons (Fsp3) is 0.0476. The van der Waals surface area contributed by atoms with E-state index in [9.17, 15) is 9.59 Å². The monoisotopic (exact) mass is 442 g/mol. The average molecular weight is 444 g/mol. The minimum atomic E-state index is -0.316. The molecule has 0 fully saturated rings. The molecule has 0 atom stereocenters. The molecule has 0 heterocycles. The third-order valence-electron chi connectivity index (χ3n) is 3.98. The molecule has 3 aromatic rings. The zero-order valence-electron chi connectivity index (χ0n) is 14.4. The molecule has 0 bridgehead atoms. The maximum Gasteiger partial charge on any atom is 0.257 e. The lowest BCUT2D eigenvalue weighted by Crippen LogP contribution is -2.18. The number of benzene rings is 3. The van der Waals surface area contributed by atoms with Crippen LogP contribution in [-0.4, -0.2) is 11.8 Å². The number of nitrogens with one attached hydrogen (secondary N) is 2. The molecule has 6 heteroatoms. The lowest BCUT2D eigenvalue weighted by atomic mass is 10.1. The summed E-state index contributed by atoms with van der Waals surface area (Å²) in [4.78, 5) is 25.3. The largest absolute Gasteiger partial charge is 0.322 e. The molecule has 3 rings (SSSR count). The molecule has 0 saturated heterocycles. The summed E-state index contributed by atoms with van der Waals surface area (Å²) >= 11 is 9.32. The smallest absolute Gasteiger partial charge is 0.257 e. The lowest BCUT2D eigenvalue weighted by Gasteiger charge is -2.13. The van der Waals surface area contributed by atoms with Crippen molar-refractivity contribution in [2.24, 2.45) is 0 Å². The van der Waals surface area contributed by atoms with Crippen molar-refractivity contribution < 1.29 is 9.59 Å². The molecule has 2 N–H and O–H groups in total. The van der Waals surface area contributed by atoms with E-state index < -0.39 is 0 Å². The van der Waals surface area contributed by atoms with Crippen molar-refractivity contribution in [2.75, 3.05) is 10.6 Å². The molecule has 0 aliphatic rings. The maximum absolute atomic E-state index is 12.8. The van der Waals surface area contributed by atoms with Gasteiger partial charge < -0.3 is 10.6 Å². The summed E-state index contributed by atoms with van der Waals surface area (Å²) in [6, 6.07) is 19.2.